The van der Waals surface area contributed by atoms with E-state index in [-0.39, 0.29) is 17.0 Å². The molecule has 0 atom stereocenters. The zero-order valence-electron chi connectivity index (χ0n) is 10.4. The molecular formula is C13H9F3N2O3. The first-order valence-electron chi connectivity index (χ1n) is 5.75. The number of nitrogens with zero attached hydrogens (tertiary/aromatic N) is 1. The molecule has 5 nitrogen and oxygen atoms in total. The molecule has 2 N–H and O–H groups in total. The summed E-state index contributed by atoms with van der Waals surface area (Å²) in [5, 5.41) is 8.60. The van der Waals surface area contributed by atoms with E-state index in [0.29, 0.717) is 0 Å². The van der Waals surface area contributed by atoms with Crippen LogP contribution in [0.2, 0.25) is 0 Å². The van der Waals surface area contributed by atoms with E-state index in [1.54, 1.807) is 0 Å². The van der Waals surface area contributed by atoms with Crippen LogP contribution in [0.5, 0.6) is 0 Å². The first-order chi connectivity index (χ1) is 9.77. The number of aromatic nitrogens is 2. The molecule has 0 aliphatic rings. The fraction of sp³-hybridized carbons (Fsp3) is 0.154. The van der Waals surface area contributed by atoms with Gasteiger partial charge in [0.1, 0.15) is 5.82 Å². The number of aromatic amines is 1. The largest absolute Gasteiger partial charge is 0.481 e. The Bertz CT molecular complexity index is 738. The second-order valence-electron chi connectivity index (χ2n) is 4.24. The van der Waals surface area contributed by atoms with Crippen molar-refractivity contribution in [1.82, 2.24) is 9.97 Å². The average molecular weight is 298 g/mol. The van der Waals surface area contributed by atoms with Gasteiger partial charge in [-0.1, -0.05) is 12.1 Å². The fourth-order valence-corrected chi connectivity index (χ4v) is 1.70. The molecule has 2 rings (SSSR count). The summed E-state index contributed by atoms with van der Waals surface area (Å²) < 4.78 is 37.8. The topological polar surface area (TPSA) is 83.0 Å². The maximum Gasteiger partial charge on any atom is 0.416 e. The van der Waals surface area contributed by atoms with E-state index < -0.39 is 29.7 Å². The summed E-state index contributed by atoms with van der Waals surface area (Å²) in [5.74, 6) is -1.26. The highest BCUT2D eigenvalue weighted by molar-refractivity contribution is 5.70. The summed E-state index contributed by atoms with van der Waals surface area (Å²) >= 11 is 0. The summed E-state index contributed by atoms with van der Waals surface area (Å²) in [6.45, 7) is 0. The molecule has 2 aromatic rings. The quantitative estimate of drug-likeness (QED) is 0.908. The summed E-state index contributed by atoms with van der Waals surface area (Å²) in [6.07, 6.45) is -3.96. The predicted octanol–water partition coefficient (Wildman–Crippen LogP) is 2.08. The molecule has 1 aromatic heterocycles. The van der Waals surface area contributed by atoms with Crippen molar-refractivity contribution >= 4 is 5.97 Å². The van der Waals surface area contributed by atoms with E-state index in [9.17, 15) is 22.8 Å². The number of halogens is 3. The smallest absolute Gasteiger partial charge is 0.416 e. The van der Waals surface area contributed by atoms with Gasteiger partial charge in [0, 0.05) is 17.3 Å². The molecule has 1 heterocycles. The molecule has 0 fully saturated rings. The molecule has 0 amide bonds. The van der Waals surface area contributed by atoms with Crippen LogP contribution in [0.15, 0.2) is 35.3 Å². The Morgan fingerprint density at radius 3 is 2.62 bits per heavy atom. The Hall–Kier alpha value is -2.64. The van der Waals surface area contributed by atoms with Gasteiger partial charge in [-0.2, -0.15) is 13.2 Å². The van der Waals surface area contributed by atoms with Gasteiger partial charge in [0.2, 0.25) is 0 Å². The average Bonchev–Trinajstić information content (AvgIpc) is 2.40. The number of nitrogens with one attached hydrogen (secondary N) is 1. The van der Waals surface area contributed by atoms with Crippen molar-refractivity contribution in [3.63, 3.8) is 0 Å². The van der Waals surface area contributed by atoms with Crippen molar-refractivity contribution in [1.29, 1.82) is 0 Å². The standard InChI is InChI=1S/C13H9F3N2O3/c14-13(15,16)9-3-1-2-7(4-9)11-17-6-8(5-10(19)20)12(21)18-11/h1-4,6H,5H2,(H,19,20)(H,17,18,21). The number of carboxylic acid groups (broad SMARTS) is 1. The zero-order valence-corrected chi connectivity index (χ0v) is 10.4. The molecular weight excluding hydrogens is 289 g/mol. The lowest BCUT2D eigenvalue weighted by Gasteiger charge is -2.08. The van der Waals surface area contributed by atoms with Gasteiger partial charge in [0.25, 0.3) is 5.56 Å². The molecule has 0 aliphatic carbocycles. The third kappa shape index (κ3) is 3.47. The minimum absolute atomic E-state index is 0.0553. The Balaban J connectivity index is 2.42. The van der Waals surface area contributed by atoms with Crippen LogP contribution in [-0.2, 0) is 17.4 Å². The van der Waals surface area contributed by atoms with Gasteiger partial charge in [-0.15, -0.1) is 0 Å². The van der Waals surface area contributed by atoms with E-state index >= 15 is 0 Å². The summed E-state index contributed by atoms with van der Waals surface area (Å²) in [7, 11) is 0. The number of hydrogen-bond acceptors (Lipinski definition) is 3. The second kappa shape index (κ2) is 5.39. The van der Waals surface area contributed by atoms with Gasteiger partial charge in [0.05, 0.1) is 12.0 Å². The highest BCUT2D eigenvalue weighted by Crippen LogP contribution is 2.31. The van der Waals surface area contributed by atoms with Gasteiger partial charge in [-0.3, -0.25) is 9.59 Å². The Kier molecular flexibility index (Phi) is 3.79. The van der Waals surface area contributed by atoms with Crippen LogP contribution in [0.3, 0.4) is 0 Å². The molecule has 0 saturated carbocycles. The highest BCUT2D eigenvalue weighted by atomic mass is 19.4. The molecule has 110 valence electrons. The third-order valence-electron chi connectivity index (χ3n) is 2.68. The number of benzene rings is 1. The second-order valence-corrected chi connectivity index (χ2v) is 4.24. The van der Waals surface area contributed by atoms with Crippen molar-refractivity contribution in [2.75, 3.05) is 0 Å². The summed E-state index contributed by atoms with van der Waals surface area (Å²) in [5.41, 5.74) is -1.54. The lowest BCUT2D eigenvalue weighted by Crippen LogP contribution is -2.17. The predicted molar refractivity (Wildman–Crippen MR) is 66.6 cm³/mol. The molecule has 0 saturated heterocycles. The van der Waals surface area contributed by atoms with Crippen LogP contribution in [0, 0.1) is 0 Å². The van der Waals surface area contributed by atoms with Crippen molar-refractivity contribution in [3.8, 4) is 11.4 Å². The van der Waals surface area contributed by atoms with E-state index in [0.717, 1.165) is 18.3 Å². The Morgan fingerprint density at radius 1 is 1.33 bits per heavy atom. The van der Waals surface area contributed by atoms with Crippen LogP contribution in [0.1, 0.15) is 11.1 Å². The van der Waals surface area contributed by atoms with E-state index in [2.05, 4.69) is 9.97 Å². The number of hydrogen-bond donors (Lipinski definition) is 2. The van der Waals surface area contributed by atoms with Gasteiger partial charge in [-0.25, -0.2) is 4.98 Å². The maximum atomic E-state index is 12.6. The number of carboxylic acids is 1. The van der Waals surface area contributed by atoms with Gasteiger partial charge >= 0.3 is 12.1 Å². The molecule has 0 unspecified atom stereocenters. The minimum Gasteiger partial charge on any atom is -0.481 e. The minimum atomic E-state index is -4.50. The molecule has 1 aromatic carbocycles. The van der Waals surface area contributed by atoms with E-state index in [1.807, 2.05) is 0 Å². The number of aliphatic carboxylic acids is 1. The lowest BCUT2D eigenvalue weighted by molar-refractivity contribution is -0.138. The zero-order chi connectivity index (χ0) is 15.6. The summed E-state index contributed by atoms with van der Waals surface area (Å²) in [6, 6.07) is 4.32. The molecule has 0 aliphatic heterocycles. The van der Waals surface area contributed by atoms with Gasteiger partial charge in [0.15, 0.2) is 0 Å². The number of alkyl halides is 3. The van der Waals surface area contributed by atoms with Crippen molar-refractivity contribution < 1.29 is 23.1 Å². The Morgan fingerprint density at radius 2 is 2.05 bits per heavy atom. The lowest BCUT2D eigenvalue weighted by atomic mass is 10.1. The highest BCUT2D eigenvalue weighted by Gasteiger charge is 2.30. The van der Waals surface area contributed by atoms with Gasteiger partial charge in [-0.05, 0) is 12.1 Å². The molecule has 0 spiro atoms. The number of rotatable bonds is 3. The molecule has 0 radical (unpaired) electrons. The first-order valence-corrected chi connectivity index (χ1v) is 5.75. The molecule has 8 heteroatoms. The van der Waals surface area contributed by atoms with Crippen molar-refractivity contribution in [2.45, 2.75) is 12.6 Å². The van der Waals surface area contributed by atoms with E-state index in [1.165, 1.54) is 12.1 Å². The summed E-state index contributed by atoms with van der Waals surface area (Å²) in [4.78, 5) is 28.3. The van der Waals surface area contributed by atoms with Crippen LogP contribution >= 0.6 is 0 Å². The van der Waals surface area contributed by atoms with Crippen LogP contribution in [0.4, 0.5) is 13.2 Å². The third-order valence-corrected chi connectivity index (χ3v) is 2.68. The van der Waals surface area contributed by atoms with Crippen LogP contribution in [-0.4, -0.2) is 21.0 Å². The SMILES string of the molecule is O=C(O)Cc1cnc(-c2cccc(C(F)(F)F)c2)[nH]c1=O. The van der Waals surface area contributed by atoms with Crippen molar-refractivity contribution in [2.24, 2.45) is 0 Å². The monoisotopic (exact) mass is 298 g/mol. The fourth-order valence-electron chi connectivity index (χ4n) is 1.70. The maximum absolute atomic E-state index is 12.6. The van der Waals surface area contributed by atoms with Crippen molar-refractivity contribution in [3.05, 3.63) is 51.9 Å². The number of H-pyrrole nitrogens is 1. The van der Waals surface area contributed by atoms with Crippen LogP contribution < -0.4 is 5.56 Å². The van der Waals surface area contributed by atoms with E-state index in [4.69, 9.17) is 5.11 Å². The Labute approximate surface area is 116 Å². The van der Waals surface area contributed by atoms with Gasteiger partial charge < -0.3 is 10.1 Å². The first kappa shape index (κ1) is 14.8. The molecule has 21 heavy (non-hydrogen) atoms. The molecule has 0 bridgehead atoms. The normalized spacial score (nSPS) is 11.4. The van der Waals surface area contributed by atoms with Crippen LogP contribution in [0.25, 0.3) is 11.4 Å². The number of carbonyl (C=O) groups is 1.